The van der Waals surface area contributed by atoms with Gasteiger partial charge in [0.05, 0.1) is 10.9 Å². The van der Waals surface area contributed by atoms with E-state index in [2.05, 4.69) is 15.5 Å². The van der Waals surface area contributed by atoms with Gasteiger partial charge in [0.2, 0.25) is 11.9 Å². The van der Waals surface area contributed by atoms with Crippen molar-refractivity contribution in [2.75, 3.05) is 33.8 Å². The summed E-state index contributed by atoms with van der Waals surface area (Å²) in [5.74, 6) is -0.933. The van der Waals surface area contributed by atoms with E-state index in [4.69, 9.17) is 4.74 Å². The number of aromatic amines is 1. The molecule has 2 N–H and O–H groups in total. The van der Waals surface area contributed by atoms with Gasteiger partial charge < -0.3 is 15.0 Å². The number of hydrogen-bond acceptors (Lipinski definition) is 4. The third kappa shape index (κ3) is 6.78. The highest BCUT2D eigenvalue weighted by Gasteiger charge is 2.17. The maximum atomic E-state index is 15.3. The van der Waals surface area contributed by atoms with Gasteiger partial charge in [0.15, 0.2) is 11.6 Å². The topological polar surface area (TPSA) is 70.2 Å². The number of carbonyl (C=O) groups excluding carboxylic acids is 1. The van der Waals surface area contributed by atoms with Crippen LogP contribution in [0.1, 0.15) is 30.0 Å². The minimum atomic E-state index is -0.507. The molecule has 0 atom stereocenters. The van der Waals surface area contributed by atoms with E-state index in [0.717, 1.165) is 22.3 Å². The fourth-order valence-corrected chi connectivity index (χ4v) is 4.31. The molecule has 39 heavy (non-hydrogen) atoms. The first-order valence-electron chi connectivity index (χ1n) is 12.8. The number of likely N-dealkylation sites (N-methyl/N-ethyl adjacent to an activating group) is 1. The van der Waals surface area contributed by atoms with Crippen molar-refractivity contribution >= 4 is 28.0 Å². The highest BCUT2D eigenvalue weighted by Crippen LogP contribution is 2.37. The second-order valence-corrected chi connectivity index (χ2v) is 9.18. The van der Waals surface area contributed by atoms with E-state index in [1.165, 1.54) is 17.0 Å². The van der Waals surface area contributed by atoms with Crippen LogP contribution in [-0.2, 0) is 4.79 Å². The molecule has 4 rings (SSSR count). The summed E-state index contributed by atoms with van der Waals surface area (Å²) in [4.78, 5) is 13.0. The van der Waals surface area contributed by atoms with Crippen molar-refractivity contribution < 1.29 is 18.3 Å². The Labute approximate surface area is 227 Å². The fourth-order valence-electron chi connectivity index (χ4n) is 4.31. The molecule has 0 aliphatic carbocycles. The van der Waals surface area contributed by atoms with Gasteiger partial charge in [-0.1, -0.05) is 55.5 Å². The molecular formula is C31H32F2N4O2. The Morgan fingerprint density at radius 2 is 1.77 bits per heavy atom. The molecule has 1 aromatic heterocycles. The first-order chi connectivity index (χ1) is 18.9. The smallest absolute Gasteiger partial charge is 0.245 e. The number of amides is 1. The maximum absolute atomic E-state index is 15.3. The van der Waals surface area contributed by atoms with Gasteiger partial charge in [-0.2, -0.15) is 9.49 Å². The van der Waals surface area contributed by atoms with Crippen molar-refractivity contribution in [2.45, 2.75) is 13.3 Å². The molecule has 8 heteroatoms. The molecule has 3 aromatic carbocycles. The number of rotatable bonds is 11. The third-order valence-electron chi connectivity index (χ3n) is 6.29. The number of nitrogens with zero attached hydrogens (tertiary/aromatic N) is 2. The van der Waals surface area contributed by atoms with Gasteiger partial charge in [0.25, 0.3) is 0 Å². The molecule has 1 amide bonds. The third-order valence-corrected chi connectivity index (χ3v) is 6.29. The predicted molar refractivity (Wildman–Crippen MR) is 151 cm³/mol. The lowest BCUT2D eigenvalue weighted by Gasteiger charge is -2.17. The SMILES string of the molecule is CC/C(=C(/c1ccc(OCCNC/C=C/C(=O)N(C)C)c(F)c1)c1ccc2n[nH]c(F)c2c1)c1ccccc1. The van der Waals surface area contributed by atoms with E-state index in [1.807, 2.05) is 49.4 Å². The largest absolute Gasteiger partial charge is 0.489 e. The Morgan fingerprint density at radius 1 is 1.03 bits per heavy atom. The number of hydrogen-bond donors (Lipinski definition) is 2. The summed E-state index contributed by atoms with van der Waals surface area (Å²) in [7, 11) is 3.38. The van der Waals surface area contributed by atoms with Gasteiger partial charge in [0, 0.05) is 33.3 Å². The van der Waals surface area contributed by atoms with Crippen LogP contribution in [0, 0.1) is 11.8 Å². The summed E-state index contributed by atoms with van der Waals surface area (Å²) in [6.07, 6.45) is 3.91. The summed E-state index contributed by atoms with van der Waals surface area (Å²) in [6.45, 7) is 3.29. The van der Waals surface area contributed by atoms with Crippen molar-refractivity contribution in [1.29, 1.82) is 0 Å². The minimum Gasteiger partial charge on any atom is -0.489 e. The average molecular weight is 531 g/mol. The van der Waals surface area contributed by atoms with Gasteiger partial charge in [-0.15, -0.1) is 0 Å². The first-order valence-corrected chi connectivity index (χ1v) is 12.8. The van der Waals surface area contributed by atoms with Gasteiger partial charge in [-0.3, -0.25) is 9.89 Å². The quantitative estimate of drug-likeness (QED) is 0.146. The summed E-state index contributed by atoms with van der Waals surface area (Å²) in [5.41, 5.74) is 4.79. The number of aromatic nitrogens is 2. The molecule has 1 heterocycles. The summed E-state index contributed by atoms with van der Waals surface area (Å²) in [5, 5.41) is 9.88. The molecule has 202 valence electrons. The van der Waals surface area contributed by atoms with E-state index < -0.39 is 11.8 Å². The average Bonchev–Trinajstić information content (AvgIpc) is 3.31. The lowest BCUT2D eigenvalue weighted by atomic mass is 9.87. The van der Waals surface area contributed by atoms with E-state index >= 15 is 4.39 Å². The molecule has 0 saturated carbocycles. The highest BCUT2D eigenvalue weighted by molar-refractivity contribution is 6.00. The zero-order chi connectivity index (χ0) is 27.8. The lowest BCUT2D eigenvalue weighted by Crippen LogP contribution is -2.22. The van der Waals surface area contributed by atoms with Crippen LogP contribution in [0.5, 0.6) is 5.75 Å². The number of halogens is 2. The van der Waals surface area contributed by atoms with Gasteiger partial charge >= 0.3 is 0 Å². The number of fused-ring (bicyclic) bond motifs is 1. The summed E-state index contributed by atoms with van der Waals surface area (Å²) >= 11 is 0. The van der Waals surface area contributed by atoms with Gasteiger partial charge in [-0.05, 0) is 58.5 Å². The Hall–Kier alpha value is -4.30. The molecule has 0 fully saturated rings. The van der Waals surface area contributed by atoms with Gasteiger partial charge in [0.1, 0.15) is 6.61 Å². The number of ether oxygens (including phenoxy) is 1. The zero-order valence-corrected chi connectivity index (χ0v) is 22.3. The van der Waals surface area contributed by atoms with Gasteiger partial charge in [-0.25, -0.2) is 4.39 Å². The molecule has 0 aliphatic rings. The zero-order valence-electron chi connectivity index (χ0n) is 22.3. The maximum Gasteiger partial charge on any atom is 0.245 e. The van der Waals surface area contributed by atoms with Crippen LogP contribution in [0.2, 0.25) is 0 Å². The van der Waals surface area contributed by atoms with Crippen LogP contribution in [-0.4, -0.2) is 54.8 Å². The number of H-pyrrole nitrogens is 1. The standard InChI is InChI=1S/C31H32F2N4O2/c1-4-24(21-9-6-5-7-10-21)30(22-12-14-27-25(19-22)31(33)36-35-27)23-13-15-28(26(32)20-23)39-18-17-34-16-8-11-29(38)37(2)3/h5-15,19-20,34H,4,16-18H2,1-3H3,(H,35,36)/b11-8+,30-24-. The van der Waals surface area contributed by atoms with E-state index in [1.54, 1.807) is 38.4 Å². The van der Waals surface area contributed by atoms with Crippen LogP contribution in [0.4, 0.5) is 8.78 Å². The molecule has 0 bridgehead atoms. The molecule has 0 unspecified atom stereocenters. The Kier molecular flexibility index (Phi) is 9.22. The van der Waals surface area contributed by atoms with Crippen LogP contribution >= 0.6 is 0 Å². The Balaban J connectivity index is 1.57. The summed E-state index contributed by atoms with van der Waals surface area (Å²) in [6, 6.07) is 20.2. The molecule has 0 radical (unpaired) electrons. The predicted octanol–water partition coefficient (Wildman–Crippen LogP) is 5.82. The van der Waals surface area contributed by atoms with Crippen LogP contribution in [0.25, 0.3) is 22.0 Å². The summed E-state index contributed by atoms with van der Waals surface area (Å²) < 4.78 is 35.3. The van der Waals surface area contributed by atoms with Crippen molar-refractivity contribution in [3.05, 3.63) is 107 Å². The molecular weight excluding hydrogens is 498 g/mol. The number of benzene rings is 3. The second kappa shape index (κ2) is 13.0. The van der Waals surface area contributed by atoms with E-state index in [0.29, 0.717) is 36.0 Å². The minimum absolute atomic E-state index is 0.0862. The Morgan fingerprint density at radius 3 is 2.49 bits per heavy atom. The second-order valence-electron chi connectivity index (χ2n) is 9.18. The number of nitrogens with one attached hydrogen (secondary N) is 2. The molecule has 0 spiro atoms. The van der Waals surface area contributed by atoms with Crippen molar-refractivity contribution in [1.82, 2.24) is 20.4 Å². The molecule has 6 nitrogen and oxygen atoms in total. The van der Waals surface area contributed by atoms with E-state index in [-0.39, 0.29) is 18.3 Å². The highest BCUT2D eigenvalue weighted by atomic mass is 19.1. The molecule has 0 aliphatic heterocycles. The first kappa shape index (κ1) is 27.7. The molecule has 0 saturated heterocycles. The van der Waals surface area contributed by atoms with Crippen molar-refractivity contribution in [2.24, 2.45) is 0 Å². The number of carbonyl (C=O) groups is 1. The van der Waals surface area contributed by atoms with E-state index in [9.17, 15) is 9.18 Å². The van der Waals surface area contributed by atoms with Crippen LogP contribution < -0.4 is 10.1 Å². The monoisotopic (exact) mass is 530 g/mol. The number of allylic oxidation sites excluding steroid dienone is 1. The van der Waals surface area contributed by atoms with Crippen molar-refractivity contribution in [3.63, 3.8) is 0 Å². The normalized spacial score (nSPS) is 12.1. The fraction of sp³-hybridized carbons (Fsp3) is 0.226. The lowest BCUT2D eigenvalue weighted by molar-refractivity contribution is -0.123. The van der Waals surface area contributed by atoms with Crippen LogP contribution in [0.3, 0.4) is 0 Å². The Bertz CT molecular complexity index is 1490. The van der Waals surface area contributed by atoms with Crippen molar-refractivity contribution in [3.8, 4) is 5.75 Å². The molecule has 4 aromatic rings. The van der Waals surface area contributed by atoms with Crippen LogP contribution in [0.15, 0.2) is 78.9 Å².